The van der Waals surface area contributed by atoms with E-state index < -0.39 is 30.3 Å². The zero-order valence-electron chi connectivity index (χ0n) is 8.48. The average Bonchev–Trinajstić information content (AvgIpc) is 2.24. The second-order valence-electron chi connectivity index (χ2n) is 3.17. The van der Waals surface area contributed by atoms with E-state index in [9.17, 15) is 14.0 Å². The number of amides is 1. The zero-order chi connectivity index (χ0) is 13.0. The van der Waals surface area contributed by atoms with Gasteiger partial charge in [-0.25, -0.2) is 9.18 Å². The van der Waals surface area contributed by atoms with Gasteiger partial charge in [0.25, 0.3) is 5.91 Å². The van der Waals surface area contributed by atoms with Gasteiger partial charge in [-0.15, -0.1) is 0 Å². The van der Waals surface area contributed by atoms with Gasteiger partial charge in [0.2, 0.25) is 0 Å². The summed E-state index contributed by atoms with van der Waals surface area (Å²) >= 11 is 5.50. The predicted molar refractivity (Wildman–Crippen MR) is 57.4 cm³/mol. The molecule has 1 aromatic carbocycles. The molecule has 1 rings (SSSR count). The van der Waals surface area contributed by atoms with Crippen molar-refractivity contribution >= 4 is 23.5 Å². The molecule has 1 amide bonds. The third-order valence-electron chi connectivity index (χ3n) is 1.96. The van der Waals surface area contributed by atoms with Crippen LogP contribution < -0.4 is 5.32 Å². The van der Waals surface area contributed by atoms with Crippen LogP contribution in [0.2, 0.25) is 5.02 Å². The highest BCUT2D eigenvalue weighted by Crippen LogP contribution is 2.14. The van der Waals surface area contributed by atoms with Crippen LogP contribution in [0.25, 0.3) is 0 Å². The van der Waals surface area contributed by atoms with Gasteiger partial charge in [-0.1, -0.05) is 11.6 Å². The van der Waals surface area contributed by atoms with Crippen LogP contribution in [-0.2, 0) is 4.79 Å². The molecule has 0 aliphatic rings. The van der Waals surface area contributed by atoms with E-state index in [1.807, 2.05) is 5.32 Å². The maximum Gasteiger partial charge on any atom is 0.328 e. The first kappa shape index (κ1) is 13.4. The summed E-state index contributed by atoms with van der Waals surface area (Å²) in [4.78, 5) is 22.0. The smallest absolute Gasteiger partial charge is 0.328 e. The summed E-state index contributed by atoms with van der Waals surface area (Å²) in [6.45, 7) is -0.781. The van der Waals surface area contributed by atoms with Crippen LogP contribution in [0.3, 0.4) is 0 Å². The highest BCUT2D eigenvalue weighted by Gasteiger charge is 2.21. The van der Waals surface area contributed by atoms with Gasteiger partial charge >= 0.3 is 5.97 Å². The zero-order valence-corrected chi connectivity index (χ0v) is 9.24. The first-order valence-corrected chi connectivity index (χ1v) is 4.93. The van der Waals surface area contributed by atoms with Crippen molar-refractivity contribution in [2.45, 2.75) is 6.04 Å². The molecule has 92 valence electrons. The van der Waals surface area contributed by atoms with Gasteiger partial charge in [0.1, 0.15) is 5.82 Å². The molecule has 0 aromatic heterocycles. The molecular weight excluding hydrogens is 253 g/mol. The molecule has 0 fully saturated rings. The van der Waals surface area contributed by atoms with Crippen molar-refractivity contribution in [1.29, 1.82) is 0 Å². The SMILES string of the molecule is O=C(N[C@@H](CO)C(=O)O)c1ccc(Cl)cc1F. The molecule has 0 heterocycles. The molecule has 1 atom stereocenters. The number of halogens is 2. The minimum absolute atomic E-state index is 0.121. The third kappa shape index (κ3) is 3.40. The number of benzene rings is 1. The van der Waals surface area contributed by atoms with Gasteiger partial charge < -0.3 is 15.5 Å². The minimum Gasteiger partial charge on any atom is -0.480 e. The Hall–Kier alpha value is -1.66. The van der Waals surface area contributed by atoms with Crippen molar-refractivity contribution in [3.63, 3.8) is 0 Å². The molecule has 0 saturated heterocycles. The normalized spacial score (nSPS) is 11.9. The van der Waals surface area contributed by atoms with E-state index in [4.69, 9.17) is 21.8 Å². The number of hydrogen-bond acceptors (Lipinski definition) is 3. The molecule has 1 aromatic rings. The quantitative estimate of drug-likeness (QED) is 0.743. The van der Waals surface area contributed by atoms with E-state index in [-0.39, 0.29) is 10.6 Å². The van der Waals surface area contributed by atoms with Gasteiger partial charge in [0.15, 0.2) is 6.04 Å². The van der Waals surface area contributed by atoms with E-state index in [1.54, 1.807) is 0 Å². The van der Waals surface area contributed by atoms with Gasteiger partial charge in [0, 0.05) is 5.02 Å². The lowest BCUT2D eigenvalue weighted by molar-refractivity contribution is -0.140. The molecule has 5 nitrogen and oxygen atoms in total. The summed E-state index contributed by atoms with van der Waals surface area (Å²) in [5, 5.41) is 19.4. The second-order valence-corrected chi connectivity index (χ2v) is 3.61. The van der Waals surface area contributed by atoms with Gasteiger partial charge in [-0.3, -0.25) is 4.79 Å². The van der Waals surface area contributed by atoms with Crippen LogP contribution in [0.15, 0.2) is 18.2 Å². The number of aliphatic hydroxyl groups excluding tert-OH is 1. The van der Waals surface area contributed by atoms with Gasteiger partial charge in [-0.05, 0) is 18.2 Å². The molecule has 7 heteroatoms. The highest BCUT2D eigenvalue weighted by molar-refractivity contribution is 6.30. The fourth-order valence-corrected chi connectivity index (χ4v) is 1.25. The molecule has 3 N–H and O–H groups in total. The lowest BCUT2D eigenvalue weighted by Crippen LogP contribution is -2.43. The average molecular weight is 262 g/mol. The molecule has 0 unspecified atom stereocenters. The standard InChI is InChI=1S/C10H9ClFNO4/c11-5-1-2-6(7(12)3-5)9(15)13-8(4-14)10(16)17/h1-3,8,14H,4H2,(H,13,15)(H,16,17)/t8-/m0/s1. The number of aliphatic hydroxyl groups is 1. The number of carbonyl (C=O) groups excluding carboxylic acids is 1. The van der Waals surface area contributed by atoms with Crippen LogP contribution >= 0.6 is 11.6 Å². The lowest BCUT2D eigenvalue weighted by atomic mass is 10.2. The Morgan fingerprint density at radius 2 is 2.12 bits per heavy atom. The first-order valence-electron chi connectivity index (χ1n) is 4.55. The van der Waals surface area contributed by atoms with Crippen molar-refractivity contribution in [1.82, 2.24) is 5.32 Å². The van der Waals surface area contributed by atoms with Crippen LogP contribution in [0.1, 0.15) is 10.4 Å². The summed E-state index contributed by atoms with van der Waals surface area (Å²) in [5.74, 6) is -3.20. The number of rotatable bonds is 4. The van der Waals surface area contributed by atoms with Gasteiger partial charge in [0.05, 0.1) is 12.2 Å². The third-order valence-corrected chi connectivity index (χ3v) is 2.20. The Morgan fingerprint density at radius 1 is 1.47 bits per heavy atom. The second kappa shape index (κ2) is 5.60. The molecule has 0 spiro atoms. The van der Waals surface area contributed by atoms with Crippen LogP contribution in [0, 0.1) is 5.82 Å². The molecule has 17 heavy (non-hydrogen) atoms. The van der Waals surface area contributed by atoms with Crippen molar-refractivity contribution < 1.29 is 24.2 Å². The number of hydrogen-bond donors (Lipinski definition) is 3. The number of aliphatic carboxylic acids is 1. The van der Waals surface area contributed by atoms with E-state index in [1.165, 1.54) is 6.07 Å². The summed E-state index contributed by atoms with van der Waals surface area (Å²) in [5.41, 5.74) is -0.339. The Morgan fingerprint density at radius 3 is 2.59 bits per heavy atom. The lowest BCUT2D eigenvalue weighted by Gasteiger charge is -2.11. The topological polar surface area (TPSA) is 86.6 Å². The van der Waals surface area contributed by atoms with Gasteiger partial charge in [-0.2, -0.15) is 0 Å². The molecule has 0 radical (unpaired) electrons. The fraction of sp³-hybridized carbons (Fsp3) is 0.200. The number of carboxylic acid groups (broad SMARTS) is 1. The number of carboxylic acids is 1. The molecule has 0 aliphatic carbocycles. The summed E-state index contributed by atoms with van der Waals surface area (Å²) in [7, 11) is 0. The molecular formula is C10H9ClFNO4. The summed E-state index contributed by atoms with van der Waals surface area (Å²) in [6.07, 6.45) is 0. The largest absolute Gasteiger partial charge is 0.480 e. The first-order chi connectivity index (χ1) is 7.95. The van der Waals surface area contributed by atoms with Crippen molar-refractivity contribution in [3.05, 3.63) is 34.6 Å². The number of carbonyl (C=O) groups is 2. The molecule has 0 saturated carbocycles. The Kier molecular flexibility index (Phi) is 4.42. The van der Waals surface area contributed by atoms with Crippen molar-refractivity contribution in [3.8, 4) is 0 Å². The van der Waals surface area contributed by atoms with Crippen LogP contribution in [0.5, 0.6) is 0 Å². The van der Waals surface area contributed by atoms with Crippen molar-refractivity contribution in [2.24, 2.45) is 0 Å². The van der Waals surface area contributed by atoms with Crippen LogP contribution in [0.4, 0.5) is 4.39 Å². The maximum atomic E-state index is 13.3. The predicted octanol–water partition coefficient (Wildman–Crippen LogP) is 0.654. The fourth-order valence-electron chi connectivity index (χ4n) is 1.10. The van der Waals surface area contributed by atoms with E-state index in [0.717, 1.165) is 12.1 Å². The highest BCUT2D eigenvalue weighted by atomic mass is 35.5. The maximum absolute atomic E-state index is 13.3. The van der Waals surface area contributed by atoms with Crippen LogP contribution in [-0.4, -0.2) is 34.7 Å². The summed E-state index contributed by atoms with van der Waals surface area (Å²) < 4.78 is 13.3. The Labute approximate surface area is 101 Å². The minimum atomic E-state index is -1.47. The van der Waals surface area contributed by atoms with Crippen molar-refractivity contribution in [2.75, 3.05) is 6.61 Å². The van der Waals surface area contributed by atoms with E-state index in [0.29, 0.717) is 0 Å². The summed E-state index contributed by atoms with van der Waals surface area (Å²) in [6, 6.07) is 1.89. The van der Waals surface area contributed by atoms with E-state index >= 15 is 0 Å². The Balaban J connectivity index is 2.86. The number of nitrogens with one attached hydrogen (secondary N) is 1. The monoisotopic (exact) mass is 261 g/mol. The Bertz CT molecular complexity index is 452. The molecule has 0 aliphatic heterocycles. The van der Waals surface area contributed by atoms with E-state index in [2.05, 4.69) is 0 Å². The molecule has 0 bridgehead atoms.